The Morgan fingerprint density at radius 3 is 3.09 bits per heavy atom. The zero-order valence-corrected chi connectivity index (χ0v) is 7.68. The maximum Gasteiger partial charge on any atom is 0.0593 e. The Morgan fingerprint density at radius 1 is 1.55 bits per heavy atom. The largest absolute Gasteiger partial charge is 0.380 e. The molecule has 0 radical (unpaired) electrons. The minimum atomic E-state index is 0.712. The molecule has 66 valence electrons. The van der Waals surface area contributed by atoms with Crippen LogP contribution < -0.4 is 0 Å². The normalized spacial score (nSPS) is 28.4. The Bertz CT molecular complexity index is 106. The van der Waals surface area contributed by atoms with E-state index < -0.39 is 0 Å². The Labute approximate surface area is 69.5 Å². The minimum Gasteiger partial charge on any atom is -0.380 e. The van der Waals surface area contributed by atoms with Gasteiger partial charge in [-0.05, 0) is 18.9 Å². The van der Waals surface area contributed by atoms with E-state index in [0.717, 1.165) is 19.8 Å². The zero-order valence-electron chi connectivity index (χ0n) is 7.68. The van der Waals surface area contributed by atoms with Crippen LogP contribution in [0.1, 0.15) is 20.3 Å². The van der Waals surface area contributed by atoms with Crippen molar-refractivity contribution in [1.29, 1.82) is 0 Å². The zero-order chi connectivity index (χ0) is 8.10. The third-order valence-electron chi connectivity index (χ3n) is 2.06. The van der Waals surface area contributed by atoms with Crippen LogP contribution in [0, 0.1) is 5.92 Å². The summed E-state index contributed by atoms with van der Waals surface area (Å²) < 4.78 is 5.44. The first-order valence-electron chi connectivity index (χ1n) is 4.63. The van der Waals surface area contributed by atoms with Crippen molar-refractivity contribution in [2.45, 2.75) is 20.3 Å². The number of rotatable bonds is 2. The summed E-state index contributed by atoms with van der Waals surface area (Å²) in [7, 11) is 0. The third-order valence-corrected chi connectivity index (χ3v) is 2.06. The third kappa shape index (κ3) is 3.21. The Morgan fingerprint density at radius 2 is 2.36 bits per heavy atom. The van der Waals surface area contributed by atoms with E-state index in [4.69, 9.17) is 4.74 Å². The molecular weight excluding hydrogens is 138 g/mol. The van der Waals surface area contributed by atoms with Crippen LogP contribution in [-0.2, 0) is 4.74 Å². The van der Waals surface area contributed by atoms with Gasteiger partial charge in [0.15, 0.2) is 0 Å². The van der Waals surface area contributed by atoms with Gasteiger partial charge in [-0.2, -0.15) is 0 Å². The summed E-state index contributed by atoms with van der Waals surface area (Å²) in [5, 5.41) is 0. The second-order valence-corrected chi connectivity index (χ2v) is 3.48. The molecule has 0 bridgehead atoms. The molecule has 11 heavy (non-hydrogen) atoms. The van der Waals surface area contributed by atoms with Crippen molar-refractivity contribution in [2.24, 2.45) is 5.92 Å². The lowest BCUT2D eigenvalue weighted by Crippen LogP contribution is -2.29. The molecule has 2 nitrogen and oxygen atoms in total. The number of nitrogens with zero attached hydrogens (tertiary/aromatic N) is 1. The summed E-state index contributed by atoms with van der Waals surface area (Å²) in [5.74, 6) is 0.712. The van der Waals surface area contributed by atoms with Crippen molar-refractivity contribution < 1.29 is 4.74 Å². The first-order chi connectivity index (χ1) is 5.33. The van der Waals surface area contributed by atoms with Crippen molar-refractivity contribution in [3.63, 3.8) is 0 Å². The summed E-state index contributed by atoms with van der Waals surface area (Å²) in [5.41, 5.74) is 0. The molecule has 0 amide bonds. The van der Waals surface area contributed by atoms with Crippen LogP contribution in [0.2, 0.25) is 0 Å². The molecule has 0 aromatic heterocycles. The minimum absolute atomic E-state index is 0.712. The highest BCUT2D eigenvalue weighted by atomic mass is 16.5. The molecule has 1 aliphatic heterocycles. The topological polar surface area (TPSA) is 12.5 Å². The summed E-state index contributed by atoms with van der Waals surface area (Å²) in [6.07, 6.45) is 1.26. The van der Waals surface area contributed by atoms with E-state index in [2.05, 4.69) is 18.7 Å². The first kappa shape index (κ1) is 9.01. The Kier molecular flexibility index (Phi) is 3.87. The molecule has 0 aromatic carbocycles. The van der Waals surface area contributed by atoms with E-state index in [1.54, 1.807) is 0 Å². The van der Waals surface area contributed by atoms with Crippen molar-refractivity contribution in [3.05, 3.63) is 0 Å². The SMILES string of the molecule is CCCN1CCOC[C@H](C)C1. The number of hydrogen-bond acceptors (Lipinski definition) is 2. The average molecular weight is 157 g/mol. The molecule has 1 saturated heterocycles. The van der Waals surface area contributed by atoms with Gasteiger partial charge in [-0.15, -0.1) is 0 Å². The summed E-state index contributed by atoms with van der Waals surface area (Å²) in [6, 6.07) is 0. The first-order valence-corrected chi connectivity index (χ1v) is 4.63. The molecule has 0 saturated carbocycles. The van der Waals surface area contributed by atoms with Crippen LogP contribution in [0.5, 0.6) is 0 Å². The van der Waals surface area contributed by atoms with E-state index in [9.17, 15) is 0 Å². The predicted octanol–water partition coefficient (Wildman–Crippen LogP) is 1.36. The van der Waals surface area contributed by atoms with Crippen LogP contribution in [0.4, 0.5) is 0 Å². The average Bonchev–Trinajstić information content (AvgIpc) is 2.15. The highest BCUT2D eigenvalue weighted by Gasteiger charge is 2.13. The maximum absolute atomic E-state index is 5.44. The fourth-order valence-corrected chi connectivity index (χ4v) is 1.58. The Hall–Kier alpha value is -0.0800. The van der Waals surface area contributed by atoms with Gasteiger partial charge >= 0.3 is 0 Å². The second kappa shape index (κ2) is 4.73. The van der Waals surface area contributed by atoms with Gasteiger partial charge < -0.3 is 9.64 Å². The lowest BCUT2D eigenvalue weighted by Gasteiger charge is -2.19. The van der Waals surface area contributed by atoms with Gasteiger partial charge in [0.25, 0.3) is 0 Å². The number of hydrogen-bond donors (Lipinski definition) is 0. The molecule has 0 aliphatic carbocycles. The van der Waals surface area contributed by atoms with Crippen LogP contribution in [0.15, 0.2) is 0 Å². The molecule has 0 aromatic rings. The van der Waals surface area contributed by atoms with Gasteiger partial charge in [0.1, 0.15) is 0 Å². The van der Waals surface area contributed by atoms with E-state index in [1.807, 2.05) is 0 Å². The highest BCUT2D eigenvalue weighted by molar-refractivity contribution is 4.65. The van der Waals surface area contributed by atoms with Crippen molar-refractivity contribution in [1.82, 2.24) is 4.90 Å². The van der Waals surface area contributed by atoms with Gasteiger partial charge in [0, 0.05) is 13.1 Å². The molecule has 1 atom stereocenters. The van der Waals surface area contributed by atoms with Crippen molar-refractivity contribution in [3.8, 4) is 0 Å². The number of ether oxygens (including phenoxy) is 1. The predicted molar refractivity (Wildman–Crippen MR) is 46.7 cm³/mol. The van der Waals surface area contributed by atoms with Gasteiger partial charge in [0.05, 0.1) is 13.2 Å². The molecule has 1 heterocycles. The van der Waals surface area contributed by atoms with E-state index in [0.29, 0.717) is 5.92 Å². The lowest BCUT2D eigenvalue weighted by molar-refractivity contribution is 0.126. The quantitative estimate of drug-likeness (QED) is 0.600. The molecule has 1 fully saturated rings. The van der Waals surface area contributed by atoms with Gasteiger partial charge in [-0.25, -0.2) is 0 Å². The maximum atomic E-state index is 5.44. The van der Waals surface area contributed by atoms with Crippen molar-refractivity contribution in [2.75, 3.05) is 32.8 Å². The molecule has 0 spiro atoms. The van der Waals surface area contributed by atoms with E-state index >= 15 is 0 Å². The molecule has 0 unspecified atom stereocenters. The van der Waals surface area contributed by atoms with Crippen LogP contribution in [-0.4, -0.2) is 37.7 Å². The lowest BCUT2D eigenvalue weighted by atomic mass is 10.2. The van der Waals surface area contributed by atoms with Crippen LogP contribution in [0.25, 0.3) is 0 Å². The van der Waals surface area contributed by atoms with Gasteiger partial charge in [-0.3, -0.25) is 0 Å². The summed E-state index contributed by atoms with van der Waals surface area (Å²) in [4.78, 5) is 2.50. The smallest absolute Gasteiger partial charge is 0.0593 e. The summed E-state index contributed by atoms with van der Waals surface area (Å²) >= 11 is 0. The summed E-state index contributed by atoms with van der Waals surface area (Å²) in [6.45, 7) is 9.93. The molecule has 0 N–H and O–H groups in total. The standard InChI is InChI=1S/C9H19NO/c1-3-4-10-5-6-11-8-9(2)7-10/h9H,3-8H2,1-2H3/t9-/m1/s1. The molecule has 2 heteroatoms. The highest BCUT2D eigenvalue weighted by Crippen LogP contribution is 2.05. The van der Waals surface area contributed by atoms with Crippen LogP contribution in [0.3, 0.4) is 0 Å². The van der Waals surface area contributed by atoms with Crippen LogP contribution >= 0.6 is 0 Å². The molecule has 1 aliphatic rings. The van der Waals surface area contributed by atoms with Crippen molar-refractivity contribution >= 4 is 0 Å². The molecule has 1 rings (SSSR count). The van der Waals surface area contributed by atoms with E-state index in [-0.39, 0.29) is 0 Å². The second-order valence-electron chi connectivity index (χ2n) is 3.48. The van der Waals surface area contributed by atoms with Gasteiger partial charge in [-0.1, -0.05) is 13.8 Å². The van der Waals surface area contributed by atoms with E-state index in [1.165, 1.54) is 19.5 Å². The fourth-order valence-electron chi connectivity index (χ4n) is 1.58. The fraction of sp³-hybridized carbons (Fsp3) is 1.00. The van der Waals surface area contributed by atoms with Gasteiger partial charge in [0.2, 0.25) is 0 Å². The molecular formula is C9H19NO. The monoisotopic (exact) mass is 157 g/mol. The Balaban J connectivity index is 2.27.